The minimum Gasteiger partial charge on any atom is -0.396 e. The number of hydrogen-bond acceptors (Lipinski definition) is 2. The Labute approximate surface area is 137 Å². The summed E-state index contributed by atoms with van der Waals surface area (Å²) in [6.07, 6.45) is 7.57. The van der Waals surface area contributed by atoms with Crippen molar-refractivity contribution in [3.63, 3.8) is 0 Å². The summed E-state index contributed by atoms with van der Waals surface area (Å²) < 4.78 is 0. The molecule has 0 amide bonds. The first-order chi connectivity index (χ1) is 10.2. The van der Waals surface area contributed by atoms with Crippen LogP contribution in [-0.2, 0) is 0 Å². The Morgan fingerprint density at radius 2 is 1.73 bits per heavy atom. The first kappa shape index (κ1) is 18.0. The quantitative estimate of drug-likeness (QED) is 0.723. The molecule has 2 aliphatic carbocycles. The highest BCUT2D eigenvalue weighted by atomic mass is 16.3. The molecule has 2 nitrogen and oxygen atoms in total. The number of allylic oxidation sites excluding steroid dienone is 1. The lowest BCUT2D eigenvalue weighted by atomic mass is 9.54. The Balaban J connectivity index is 2.26. The van der Waals surface area contributed by atoms with Crippen LogP contribution in [0.2, 0.25) is 0 Å². The number of rotatable bonds is 5. The molecule has 0 aromatic heterocycles. The highest BCUT2D eigenvalue weighted by Crippen LogP contribution is 2.56. The van der Waals surface area contributed by atoms with Crippen LogP contribution >= 0.6 is 0 Å². The third-order valence-corrected chi connectivity index (χ3v) is 7.03. The van der Waals surface area contributed by atoms with Gasteiger partial charge in [0.25, 0.3) is 0 Å². The Hall–Kier alpha value is -0.340. The maximum absolute atomic E-state index is 10.4. The molecule has 0 fully saturated rings. The third kappa shape index (κ3) is 3.14. The Bertz CT molecular complexity index is 423. The fourth-order valence-electron chi connectivity index (χ4n) is 4.77. The summed E-state index contributed by atoms with van der Waals surface area (Å²) in [6, 6.07) is 0. The first-order valence-corrected chi connectivity index (χ1v) is 9.25. The van der Waals surface area contributed by atoms with E-state index in [1.165, 1.54) is 25.7 Å². The molecule has 0 heterocycles. The van der Waals surface area contributed by atoms with Gasteiger partial charge in [-0.15, -0.1) is 0 Å². The van der Waals surface area contributed by atoms with Crippen molar-refractivity contribution < 1.29 is 10.2 Å². The molecule has 128 valence electrons. The van der Waals surface area contributed by atoms with Gasteiger partial charge in [0.1, 0.15) is 0 Å². The van der Waals surface area contributed by atoms with Gasteiger partial charge in [-0.25, -0.2) is 0 Å². The van der Waals surface area contributed by atoms with Crippen LogP contribution in [0, 0.1) is 22.7 Å². The van der Waals surface area contributed by atoms with Gasteiger partial charge >= 0.3 is 0 Å². The molecular weight excluding hydrogens is 272 g/mol. The maximum Gasteiger partial charge on any atom is 0.0631 e. The van der Waals surface area contributed by atoms with Gasteiger partial charge in [-0.3, -0.25) is 0 Å². The topological polar surface area (TPSA) is 40.5 Å². The highest BCUT2D eigenvalue weighted by Gasteiger charge is 2.46. The summed E-state index contributed by atoms with van der Waals surface area (Å²) in [5.41, 5.74) is 3.46. The van der Waals surface area contributed by atoms with Crippen molar-refractivity contribution in [3.05, 3.63) is 11.1 Å². The second-order valence-electron chi connectivity index (χ2n) is 8.75. The van der Waals surface area contributed by atoms with Crippen molar-refractivity contribution >= 4 is 0 Å². The molecule has 0 aromatic carbocycles. The van der Waals surface area contributed by atoms with Gasteiger partial charge in [-0.05, 0) is 62.2 Å². The van der Waals surface area contributed by atoms with Gasteiger partial charge in [0.05, 0.1) is 6.10 Å². The van der Waals surface area contributed by atoms with Gasteiger partial charge in [0, 0.05) is 12.0 Å². The molecule has 2 aliphatic rings. The lowest BCUT2D eigenvalue weighted by molar-refractivity contribution is 0.0383. The Kier molecular flexibility index (Phi) is 5.44. The van der Waals surface area contributed by atoms with E-state index in [0.29, 0.717) is 12.5 Å². The van der Waals surface area contributed by atoms with Crippen molar-refractivity contribution in [2.24, 2.45) is 22.7 Å². The van der Waals surface area contributed by atoms with E-state index < -0.39 is 0 Å². The second-order valence-corrected chi connectivity index (χ2v) is 8.75. The molecule has 4 unspecified atom stereocenters. The van der Waals surface area contributed by atoms with Crippen LogP contribution in [0.25, 0.3) is 0 Å². The molecule has 0 aliphatic heterocycles. The summed E-state index contributed by atoms with van der Waals surface area (Å²) in [7, 11) is 0. The molecule has 0 radical (unpaired) electrons. The minimum atomic E-state index is -0.183. The summed E-state index contributed by atoms with van der Waals surface area (Å²) in [6.45, 7) is 11.9. The van der Waals surface area contributed by atoms with Gasteiger partial charge < -0.3 is 10.2 Å². The molecule has 2 heteroatoms. The molecule has 2 N–H and O–H groups in total. The molecule has 0 spiro atoms. The van der Waals surface area contributed by atoms with Crippen LogP contribution in [0.4, 0.5) is 0 Å². The predicted octanol–water partition coefficient (Wildman–Crippen LogP) is 4.70. The molecule has 0 saturated heterocycles. The van der Waals surface area contributed by atoms with E-state index >= 15 is 0 Å². The van der Waals surface area contributed by atoms with Crippen molar-refractivity contribution in [1.29, 1.82) is 0 Å². The number of aliphatic hydroxyl groups is 2. The van der Waals surface area contributed by atoms with Gasteiger partial charge in [-0.1, -0.05) is 45.8 Å². The highest BCUT2D eigenvalue weighted by molar-refractivity contribution is 5.33. The Morgan fingerprint density at radius 3 is 2.36 bits per heavy atom. The average Bonchev–Trinajstić information content (AvgIpc) is 2.45. The average molecular weight is 309 g/mol. The fraction of sp³-hybridized carbons (Fsp3) is 0.900. The molecule has 4 atom stereocenters. The van der Waals surface area contributed by atoms with E-state index in [1.54, 1.807) is 11.1 Å². The van der Waals surface area contributed by atoms with Crippen LogP contribution in [0.1, 0.15) is 79.6 Å². The smallest absolute Gasteiger partial charge is 0.0631 e. The molecule has 0 saturated carbocycles. The predicted molar refractivity (Wildman–Crippen MR) is 92.7 cm³/mol. The number of hydrogen-bond donors (Lipinski definition) is 2. The lowest BCUT2D eigenvalue weighted by Gasteiger charge is -2.51. The van der Waals surface area contributed by atoms with Crippen LogP contribution in [0.5, 0.6) is 0 Å². The Morgan fingerprint density at radius 1 is 1.09 bits per heavy atom. The number of aliphatic hydroxyl groups excluding tert-OH is 2. The maximum atomic E-state index is 10.4. The SMILES string of the molecule is CC(CCO)CCC1(C)C2=C(CCC1C)C(C)(C)C(O)CC2. The van der Waals surface area contributed by atoms with Crippen LogP contribution < -0.4 is 0 Å². The molecular formula is C20H36O2. The standard InChI is InChI=1S/C20H36O2/c1-14(11-13-21)10-12-20(5)15(2)6-7-16-17(20)8-9-18(22)19(16,3)4/h14-15,18,21-22H,6-13H2,1-5H3. The molecule has 22 heavy (non-hydrogen) atoms. The van der Waals surface area contributed by atoms with Crippen molar-refractivity contribution in [3.8, 4) is 0 Å². The van der Waals surface area contributed by atoms with Crippen molar-refractivity contribution in [2.75, 3.05) is 6.61 Å². The van der Waals surface area contributed by atoms with E-state index in [4.69, 9.17) is 5.11 Å². The van der Waals surface area contributed by atoms with E-state index in [1.807, 2.05) is 0 Å². The van der Waals surface area contributed by atoms with Crippen LogP contribution in [0.3, 0.4) is 0 Å². The van der Waals surface area contributed by atoms with Crippen LogP contribution in [0.15, 0.2) is 11.1 Å². The minimum absolute atomic E-state index is 0.0499. The van der Waals surface area contributed by atoms with Crippen molar-refractivity contribution in [2.45, 2.75) is 85.7 Å². The summed E-state index contributed by atoms with van der Waals surface area (Å²) in [4.78, 5) is 0. The molecule has 2 rings (SSSR count). The van der Waals surface area contributed by atoms with E-state index in [9.17, 15) is 5.11 Å². The fourth-order valence-corrected chi connectivity index (χ4v) is 4.77. The monoisotopic (exact) mass is 308 g/mol. The van der Waals surface area contributed by atoms with E-state index in [0.717, 1.165) is 25.2 Å². The van der Waals surface area contributed by atoms with Gasteiger partial charge in [0.2, 0.25) is 0 Å². The largest absolute Gasteiger partial charge is 0.396 e. The first-order valence-electron chi connectivity index (χ1n) is 9.25. The normalized spacial score (nSPS) is 36.1. The van der Waals surface area contributed by atoms with Crippen molar-refractivity contribution in [1.82, 2.24) is 0 Å². The van der Waals surface area contributed by atoms with Gasteiger partial charge in [0.15, 0.2) is 0 Å². The molecule has 0 bridgehead atoms. The zero-order valence-corrected chi connectivity index (χ0v) is 15.3. The third-order valence-electron chi connectivity index (χ3n) is 7.03. The zero-order valence-electron chi connectivity index (χ0n) is 15.3. The summed E-state index contributed by atoms with van der Waals surface area (Å²) >= 11 is 0. The van der Waals surface area contributed by atoms with E-state index in [2.05, 4.69) is 34.6 Å². The van der Waals surface area contributed by atoms with Gasteiger partial charge in [-0.2, -0.15) is 0 Å². The zero-order chi connectivity index (χ0) is 16.5. The van der Waals surface area contributed by atoms with Crippen LogP contribution in [-0.4, -0.2) is 22.9 Å². The molecule has 0 aromatic rings. The summed E-state index contributed by atoms with van der Waals surface area (Å²) in [5, 5.41) is 19.6. The summed E-state index contributed by atoms with van der Waals surface area (Å²) in [5.74, 6) is 1.32. The lowest BCUT2D eigenvalue weighted by Crippen LogP contribution is -2.43. The second kappa shape index (κ2) is 6.65. The van der Waals surface area contributed by atoms with E-state index in [-0.39, 0.29) is 16.9 Å².